The molecule has 0 aliphatic rings. The molecule has 3 heteroatoms. The maximum absolute atomic E-state index is 13.0. The zero-order chi connectivity index (χ0) is 13.2. The van der Waals surface area contributed by atoms with Crippen LogP contribution in [0.5, 0.6) is 0 Å². The molecule has 1 unspecified atom stereocenters. The third-order valence-corrected chi connectivity index (χ3v) is 2.81. The molecule has 0 amide bonds. The molecular weight excluding hydrogens is 229 g/mol. The highest BCUT2D eigenvalue weighted by atomic mass is 19.1. The van der Waals surface area contributed by atoms with Crippen LogP contribution >= 0.6 is 0 Å². The molecule has 2 nitrogen and oxygen atoms in total. The summed E-state index contributed by atoms with van der Waals surface area (Å²) in [7, 11) is 0. The van der Waals surface area contributed by atoms with Crippen molar-refractivity contribution in [3.8, 4) is 0 Å². The number of benzene rings is 1. The van der Waals surface area contributed by atoms with Gasteiger partial charge in [0.05, 0.1) is 6.61 Å². The molecule has 1 N–H and O–H groups in total. The van der Waals surface area contributed by atoms with Crippen LogP contribution in [0.25, 0.3) is 0 Å². The Bertz CT molecular complexity index is 330. The van der Waals surface area contributed by atoms with Crippen molar-refractivity contribution in [2.75, 3.05) is 19.8 Å². The lowest BCUT2D eigenvalue weighted by Crippen LogP contribution is -2.31. The van der Waals surface area contributed by atoms with Crippen molar-refractivity contribution >= 4 is 0 Å². The summed E-state index contributed by atoms with van der Waals surface area (Å²) in [4.78, 5) is 0. The molecule has 1 rings (SSSR count). The molecule has 1 aromatic carbocycles. The molecule has 0 spiro atoms. The fourth-order valence-corrected chi connectivity index (χ4v) is 1.82. The zero-order valence-corrected chi connectivity index (χ0v) is 11.4. The van der Waals surface area contributed by atoms with E-state index in [2.05, 4.69) is 19.2 Å². The summed E-state index contributed by atoms with van der Waals surface area (Å²) in [5.74, 6) is -0.164. The summed E-state index contributed by atoms with van der Waals surface area (Å²) >= 11 is 0. The van der Waals surface area contributed by atoms with Crippen molar-refractivity contribution in [1.29, 1.82) is 0 Å². The third kappa shape index (κ3) is 6.72. The highest BCUT2D eigenvalue weighted by Gasteiger charge is 2.03. The second kappa shape index (κ2) is 9.06. The van der Waals surface area contributed by atoms with Gasteiger partial charge < -0.3 is 10.1 Å². The van der Waals surface area contributed by atoms with E-state index in [1.165, 1.54) is 12.5 Å². The minimum absolute atomic E-state index is 0.164. The van der Waals surface area contributed by atoms with E-state index in [-0.39, 0.29) is 5.82 Å². The first-order chi connectivity index (χ1) is 8.72. The topological polar surface area (TPSA) is 21.3 Å². The lowest BCUT2D eigenvalue weighted by atomic mass is 10.1. The summed E-state index contributed by atoms with van der Waals surface area (Å²) in [6, 6.07) is 7.12. The zero-order valence-electron chi connectivity index (χ0n) is 11.4. The van der Waals surface area contributed by atoms with Gasteiger partial charge in [0, 0.05) is 19.2 Å². The van der Waals surface area contributed by atoms with E-state index in [0.29, 0.717) is 6.04 Å². The van der Waals surface area contributed by atoms with Crippen molar-refractivity contribution < 1.29 is 9.13 Å². The van der Waals surface area contributed by atoms with Gasteiger partial charge in [-0.25, -0.2) is 4.39 Å². The second-order valence-corrected chi connectivity index (χ2v) is 4.66. The number of hydrogen-bond acceptors (Lipinski definition) is 2. The van der Waals surface area contributed by atoms with Crippen molar-refractivity contribution in [1.82, 2.24) is 5.32 Å². The molecule has 0 aliphatic heterocycles. The Hall–Kier alpha value is -0.930. The maximum atomic E-state index is 13.0. The third-order valence-electron chi connectivity index (χ3n) is 2.81. The van der Waals surface area contributed by atoms with E-state index < -0.39 is 0 Å². The molecule has 0 bridgehead atoms. The van der Waals surface area contributed by atoms with Gasteiger partial charge in [-0.05, 0) is 37.5 Å². The fraction of sp³-hybridized carbons (Fsp3) is 0.600. The van der Waals surface area contributed by atoms with Crippen molar-refractivity contribution in [3.63, 3.8) is 0 Å². The van der Waals surface area contributed by atoms with E-state index in [1.54, 1.807) is 12.1 Å². The number of ether oxygens (including phenoxy) is 1. The van der Waals surface area contributed by atoms with E-state index in [0.717, 1.165) is 38.2 Å². The van der Waals surface area contributed by atoms with Crippen LogP contribution in [0.4, 0.5) is 4.39 Å². The molecule has 0 radical (unpaired) electrons. The van der Waals surface area contributed by atoms with Gasteiger partial charge in [0.15, 0.2) is 0 Å². The minimum Gasteiger partial charge on any atom is -0.380 e. The Labute approximate surface area is 110 Å². The van der Waals surface area contributed by atoms with Crippen molar-refractivity contribution in [2.45, 2.75) is 39.2 Å². The summed E-state index contributed by atoms with van der Waals surface area (Å²) in [6.07, 6.45) is 3.13. The smallest absolute Gasteiger partial charge is 0.123 e. The van der Waals surface area contributed by atoms with Gasteiger partial charge in [-0.2, -0.15) is 0 Å². The van der Waals surface area contributed by atoms with Gasteiger partial charge in [0.25, 0.3) is 0 Å². The molecule has 0 saturated heterocycles. The molecule has 0 saturated carbocycles. The van der Waals surface area contributed by atoms with Crippen LogP contribution in [-0.2, 0) is 11.2 Å². The number of hydrogen-bond donors (Lipinski definition) is 1. The average Bonchev–Trinajstić information content (AvgIpc) is 2.33. The molecule has 1 aromatic rings. The Morgan fingerprint density at radius 3 is 2.89 bits per heavy atom. The van der Waals surface area contributed by atoms with Crippen LogP contribution in [0.1, 0.15) is 32.3 Å². The maximum Gasteiger partial charge on any atom is 0.123 e. The van der Waals surface area contributed by atoms with Crippen LogP contribution in [0.15, 0.2) is 24.3 Å². The van der Waals surface area contributed by atoms with Crippen LogP contribution in [0.2, 0.25) is 0 Å². The molecule has 0 heterocycles. The van der Waals surface area contributed by atoms with E-state index in [4.69, 9.17) is 4.74 Å². The quantitative estimate of drug-likeness (QED) is 0.683. The average molecular weight is 253 g/mol. The molecular formula is C15H24FNO. The Kier molecular flexibility index (Phi) is 7.62. The predicted molar refractivity (Wildman–Crippen MR) is 73.3 cm³/mol. The Morgan fingerprint density at radius 2 is 2.17 bits per heavy atom. The van der Waals surface area contributed by atoms with Gasteiger partial charge in [0.2, 0.25) is 0 Å². The molecule has 0 aliphatic carbocycles. The van der Waals surface area contributed by atoms with Crippen LogP contribution in [0, 0.1) is 5.82 Å². The lowest BCUT2D eigenvalue weighted by Gasteiger charge is -2.14. The monoisotopic (exact) mass is 253 g/mol. The summed E-state index contributed by atoms with van der Waals surface area (Å²) in [5, 5.41) is 3.38. The molecule has 102 valence electrons. The van der Waals surface area contributed by atoms with Gasteiger partial charge in [-0.1, -0.05) is 25.5 Å². The minimum atomic E-state index is -0.164. The highest BCUT2D eigenvalue weighted by molar-refractivity contribution is 5.17. The van der Waals surface area contributed by atoms with Gasteiger partial charge in [-0.15, -0.1) is 0 Å². The van der Waals surface area contributed by atoms with Crippen molar-refractivity contribution in [3.05, 3.63) is 35.6 Å². The van der Waals surface area contributed by atoms with Gasteiger partial charge in [-0.3, -0.25) is 0 Å². The first kappa shape index (κ1) is 15.1. The van der Waals surface area contributed by atoms with Crippen LogP contribution < -0.4 is 5.32 Å². The molecule has 0 aromatic heterocycles. The summed E-state index contributed by atoms with van der Waals surface area (Å²) in [5.41, 5.74) is 1.03. The first-order valence-electron chi connectivity index (χ1n) is 6.78. The van der Waals surface area contributed by atoms with Crippen LogP contribution in [-0.4, -0.2) is 25.8 Å². The molecule has 18 heavy (non-hydrogen) atoms. The van der Waals surface area contributed by atoms with Gasteiger partial charge >= 0.3 is 0 Å². The standard InChI is InChI=1S/C15H24FNO/c1-3-4-9-18-10-8-17-13(2)11-14-6-5-7-15(16)12-14/h5-7,12-13,17H,3-4,8-11H2,1-2H3. The van der Waals surface area contributed by atoms with Gasteiger partial charge in [0.1, 0.15) is 5.82 Å². The predicted octanol–water partition coefficient (Wildman–Crippen LogP) is 3.16. The Morgan fingerprint density at radius 1 is 1.33 bits per heavy atom. The largest absolute Gasteiger partial charge is 0.380 e. The normalized spacial score (nSPS) is 12.6. The highest BCUT2D eigenvalue weighted by Crippen LogP contribution is 2.06. The number of rotatable bonds is 9. The van der Waals surface area contributed by atoms with E-state index in [1.807, 2.05) is 6.07 Å². The number of unbranched alkanes of at least 4 members (excludes halogenated alkanes) is 1. The summed E-state index contributed by atoms with van der Waals surface area (Å²) < 4.78 is 18.5. The Balaban J connectivity index is 2.12. The number of nitrogens with one attached hydrogen (secondary N) is 1. The van der Waals surface area contributed by atoms with E-state index in [9.17, 15) is 4.39 Å². The second-order valence-electron chi connectivity index (χ2n) is 4.66. The lowest BCUT2D eigenvalue weighted by molar-refractivity contribution is 0.131. The van der Waals surface area contributed by atoms with Crippen molar-refractivity contribution in [2.24, 2.45) is 0 Å². The fourth-order valence-electron chi connectivity index (χ4n) is 1.82. The van der Waals surface area contributed by atoms with E-state index >= 15 is 0 Å². The molecule has 0 fully saturated rings. The first-order valence-corrected chi connectivity index (χ1v) is 6.78. The number of halogens is 1. The summed E-state index contributed by atoms with van der Waals surface area (Å²) in [6.45, 7) is 6.70. The van der Waals surface area contributed by atoms with Crippen LogP contribution in [0.3, 0.4) is 0 Å². The SMILES string of the molecule is CCCCOCCNC(C)Cc1cccc(F)c1. The molecule has 1 atom stereocenters.